The van der Waals surface area contributed by atoms with Crippen LogP contribution in [0.1, 0.15) is 38.2 Å². The number of nitrogens with zero attached hydrogens (tertiary/aromatic N) is 1. The van der Waals surface area contributed by atoms with E-state index in [1.165, 1.54) is 0 Å². The van der Waals surface area contributed by atoms with Gasteiger partial charge in [-0.3, -0.25) is 19.8 Å². The lowest BCUT2D eigenvalue weighted by Crippen LogP contribution is -2.44. The normalized spacial score (nSPS) is 17.5. The first kappa shape index (κ1) is 21.1. The predicted molar refractivity (Wildman–Crippen MR) is 106 cm³/mol. The molecule has 1 aliphatic heterocycles. The van der Waals surface area contributed by atoms with Gasteiger partial charge >= 0.3 is 5.97 Å². The number of carbonyl (C=O) groups is 3. The summed E-state index contributed by atoms with van der Waals surface area (Å²) in [5.41, 5.74) is 6.77. The van der Waals surface area contributed by atoms with E-state index in [0.29, 0.717) is 18.5 Å². The largest absolute Gasteiger partial charge is 0.435 e. The molecule has 1 aromatic rings. The van der Waals surface area contributed by atoms with E-state index in [0.717, 1.165) is 18.4 Å². The van der Waals surface area contributed by atoms with Crippen molar-refractivity contribution < 1.29 is 19.1 Å². The molecule has 2 atom stereocenters. The molecular formula is C20H26N4O4. The molecule has 2 amide bonds. The van der Waals surface area contributed by atoms with Gasteiger partial charge in [-0.25, -0.2) is 0 Å². The van der Waals surface area contributed by atoms with E-state index in [-0.39, 0.29) is 30.5 Å². The fourth-order valence-electron chi connectivity index (χ4n) is 3.22. The second-order valence-electron chi connectivity index (χ2n) is 6.82. The number of benzene rings is 1. The zero-order valence-corrected chi connectivity index (χ0v) is 15.9. The Hall–Kier alpha value is -3.16. The third-order valence-electron chi connectivity index (χ3n) is 4.57. The highest BCUT2D eigenvalue weighted by atomic mass is 16.5. The molecular weight excluding hydrogens is 360 g/mol. The van der Waals surface area contributed by atoms with Gasteiger partial charge in [-0.1, -0.05) is 6.58 Å². The SMILES string of the molecule is C=COC(=O)C[C@H](C)NC(=O)CC1CCCN(c2ccc(C(=N)N)cc2)C1=O. The zero-order valence-electron chi connectivity index (χ0n) is 15.9. The van der Waals surface area contributed by atoms with Crippen LogP contribution in [0, 0.1) is 11.3 Å². The molecule has 28 heavy (non-hydrogen) atoms. The summed E-state index contributed by atoms with van der Waals surface area (Å²) in [6.45, 7) is 5.60. The molecule has 0 radical (unpaired) electrons. The number of esters is 1. The minimum atomic E-state index is -0.475. The monoisotopic (exact) mass is 386 g/mol. The Labute approximate surface area is 164 Å². The second-order valence-corrected chi connectivity index (χ2v) is 6.82. The Bertz CT molecular complexity index is 760. The molecule has 0 bridgehead atoms. The third kappa shape index (κ3) is 5.67. The summed E-state index contributed by atoms with van der Waals surface area (Å²) in [5.74, 6) is -1.29. The predicted octanol–water partition coefficient (Wildman–Crippen LogP) is 1.69. The maximum atomic E-state index is 12.8. The van der Waals surface area contributed by atoms with Crippen LogP contribution in [0.25, 0.3) is 0 Å². The molecule has 0 aromatic heterocycles. The first-order chi connectivity index (χ1) is 13.3. The molecule has 0 saturated carbocycles. The molecule has 8 heteroatoms. The summed E-state index contributed by atoms with van der Waals surface area (Å²) in [6.07, 6.45) is 2.59. The van der Waals surface area contributed by atoms with Crippen molar-refractivity contribution >= 4 is 29.3 Å². The Morgan fingerprint density at radius 2 is 2.11 bits per heavy atom. The second kappa shape index (κ2) is 9.68. The summed E-state index contributed by atoms with van der Waals surface area (Å²) < 4.78 is 4.64. The van der Waals surface area contributed by atoms with E-state index in [1.807, 2.05) is 0 Å². The molecule has 4 N–H and O–H groups in total. The highest BCUT2D eigenvalue weighted by Crippen LogP contribution is 2.26. The highest BCUT2D eigenvalue weighted by Gasteiger charge is 2.31. The van der Waals surface area contributed by atoms with Crippen LogP contribution in [0.15, 0.2) is 37.1 Å². The van der Waals surface area contributed by atoms with E-state index in [9.17, 15) is 14.4 Å². The molecule has 1 fully saturated rings. The number of hydrogen-bond acceptors (Lipinski definition) is 5. The van der Waals surface area contributed by atoms with Gasteiger partial charge in [0.2, 0.25) is 11.8 Å². The minimum Gasteiger partial charge on any atom is -0.435 e. The van der Waals surface area contributed by atoms with Crippen molar-refractivity contribution in [3.8, 4) is 0 Å². The van der Waals surface area contributed by atoms with Gasteiger partial charge < -0.3 is 20.7 Å². The number of anilines is 1. The van der Waals surface area contributed by atoms with E-state index in [2.05, 4.69) is 16.6 Å². The molecule has 1 aromatic carbocycles. The summed E-state index contributed by atoms with van der Waals surface area (Å²) in [5, 5.41) is 10.2. The lowest BCUT2D eigenvalue weighted by molar-refractivity contribution is -0.138. The number of nitrogens with two attached hydrogens (primary N) is 1. The van der Waals surface area contributed by atoms with Crippen molar-refractivity contribution in [2.75, 3.05) is 11.4 Å². The number of rotatable bonds is 8. The average molecular weight is 386 g/mol. The maximum absolute atomic E-state index is 12.8. The first-order valence-corrected chi connectivity index (χ1v) is 9.17. The van der Waals surface area contributed by atoms with Gasteiger partial charge in [0, 0.05) is 36.2 Å². The van der Waals surface area contributed by atoms with Crippen molar-refractivity contribution in [1.29, 1.82) is 5.41 Å². The van der Waals surface area contributed by atoms with Crippen LogP contribution in [-0.2, 0) is 19.1 Å². The topological polar surface area (TPSA) is 126 Å². The molecule has 1 aliphatic rings. The van der Waals surface area contributed by atoms with Gasteiger partial charge in [0.25, 0.3) is 0 Å². The van der Waals surface area contributed by atoms with E-state index < -0.39 is 17.9 Å². The number of nitrogen functional groups attached to an aromatic ring is 1. The minimum absolute atomic E-state index is 0.0304. The highest BCUT2D eigenvalue weighted by molar-refractivity contribution is 5.99. The molecule has 0 spiro atoms. The summed E-state index contributed by atoms with van der Waals surface area (Å²) in [4.78, 5) is 38.2. The van der Waals surface area contributed by atoms with Crippen LogP contribution in [-0.4, -0.2) is 36.2 Å². The maximum Gasteiger partial charge on any atom is 0.312 e. The van der Waals surface area contributed by atoms with Gasteiger partial charge in [-0.15, -0.1) is 0 Å². The van der Waals surface area contributed by atoms with Crippen LogP contribution < -0.4 is 16.0 Å². The number of piperidine rings is 1. The smallest absolute Gasteiger partial charge is 0.312 e. The number of ether oxygens (including phenoxy) is 1. The average Bonchev–Trinajstić information content (AvgIpc) is 2.63. The van der Waals surface area contributed by atoms with Crippen molar-refractivity contribution in [2.24, 2.45) is 11.7 Å². The number of carbonyl (C=O) groups excluding carboxylic acids is 3. The molecule has 1 unspecified atom stereocenters. The number of hydrogen-bond donors (Lipinski definition) is 3. The van der Waals surface area contributed by atoms with Crippen molar-refractivity contribution in [1.82, 2.24) is 5.32 Å². The molecule has 0 aliphatic carbocycles. The van der Waals surface area contributed by atoms with Crippen LogP contribution in [0.3, 0.4) is 0 Å². The lowest BCUT2D eigenvalue weighted by Gasteiger charge is -2.32. The van der Waals surface area contributed by atoms with Crippen molar-refractivity contribution in [3.05, 3.63) is 42.7 Å². The molecule has 2 rings (SSSR count). The van der Waals surface area contributed by atoms with Crippen LogP contribution in [0.4, 0.5) is 5.69 Å². The van der Waals surface area contributed by atoms with Gasteiger partial charge in [-0.2, -0.15) is 0 Å². The third-order valence-corrected chi connectivity index (χ3v) is 4.57. The van der Waals surface area contributed by atoms with E-state index in [4.69, 9.17) is 11.1 Å². The summed E-state index contributed by atoms with van der Waals surface area (Å²) in [6, 6.07) is 6.51. The quantitative estimate of drug-likeness (QED) is 0.271. The molecule has 150 valence electrons. The Morgan fingerprint density at radius 3 is 2.71 bits per heavy atom. The number of nitrogens with one attached hydrogen (secondary N) is 2. The van der Waals surface area contributed by atoms with E-state index in [1.54, 1.807) is 36.1 Å². The summed E-state index contributed by atoms with van der Waals surface area (Å²) >= 11 is 0. The standard InChI is InChI=1S/C20H26N4O4/c1-3-28-18(26)11-13(2)23-17(25)12-15-5-4-10-24(20(15)27)16-8-6-14(7-9-16)19(21)22/h3,6-9,13,15H,1,4-5,10-12H2,2H3,(H3,21,22)(H,23,25)/t13-,15?/m0/s1. The van der Waals surface area contributed by atoms with Crippen molar-refractivity contribution in [3.63, 3.8) is 0 Å². The van der Waals surface area contributed by atoms with Gasteiger partial charge in [0.1, 0.15) is 5.84 Å². The number of amides is 2. The lowest BCUT2D eigenvalue weighted by atomic mass is 9.92. The van der Waals surface area contributed by atoms with E-state index >= 15 is 0 Å². The number of amidine groups is 1. The summed E-state index contributed by atoms with van der Waals surface area (Å²) in [7, 11) is 0. The van der Waals surface area contributed by atoms with Crippen LogP contribution in [0.2, 0.25) is 0 Å². The Kier molecular flexibility index (Phi) is 7.31. The first-order valence-electron chi connectivity index (χ1n) is 9.17. The Morgan fingerprint density at radius 1 is 1.43 bits per heavy atom. The Balaban J connectivity index is 1.94. The van der Waals surface area contributed by atoms with Crippen LogP contribution in [0.5, 0.6) is 0 Å². The molecule has 1 saturated heterocycles. The van der Waals surface area contributed by atoms with Gasteiger partial charge in [0.05, 0.1) is 12.7 Å². The van der Waals surface area contributed by atoms with Crippen LogP contribution >= 0.6 is 0 Å². The fraction of sp³-hybridized carbons (Fsp3) is 0.400. The fourth-order valence-corrected chi connectivity index (χ4v) is 3.22. The molecule has 1 heterocycles. The van der Waals surface area contributed by atoms with Gasteiger partial charge in [0.15, 0.2) is 0 Å². The van der Waals surface area contributed by atoms with Gasteiger partial charge in [-0.05, 0) is 44.0 Å². The molecule has 8 nitrogen and oxygen atoms in total. The van der Waals surface area contributed by atoms with Crippen molar-refractivity contribution in [2.45, 2.75) is 38.6 Å². The zero-order chi connectivity index (χ0) is 20.7.